The number of hydrogen-bond acceptors (Lipinski definition) is 2. The van der Waals surface area contributed by atoms with Gasteiger partial charge in [0.1, 0.15) is 0 Å². The Morgan fingerprint density at radius 2 is 1.84 bits per heavy atom. The maximum absolute atomic E-state index is 4.53. The molecular formula is C15H26BrN3. The van der Waals surface area contributed by atoms with Gasteiger partial charge in [-0.3, -0.25) is 4.68 Å². The van der Waals surface area contributed by atoms with Crippen LogP contribution in [-0.2, 0) is 20.0 Å². The monoisotopic (exact) mass is 327 g/mol. The lowest BCUT2D eigenvalue weighted by Crippen LogP contribution is -2.20. The van der Waals surface area contributed by atoms with Crippen LogP contribution in [0.5, 0.6) is 0 Å². The van der Waals surface area contributed by atoms with Crippen LogP contribution in [0.15, 0.2) is 4.47 Å². The van der Waals surface area contributed by atoms with E-state index in [2.05, 4.69) is 61.0 Å². The van der Waals surface area contributed by atoms with Crippen LogP contribution in [0, 0.1) is 16.7 Å². The summed E-state index contributed by atoms with van der Waals surface area (Å²) in [7, 11) is 2.02. The van der Waals surface area contributed by atoms with Crippen LogP contribution >= 0.6 is 15.9 Å². The van der Waals surface area contributed by atoms with Crippen molar-refractivity contribution in [2.24, 2.45) is 23.8 Å². The molecule has 1 aromatic heterocycles. The van der Waals surface area contributed by atoms with Crippen molar-refractivity contribution >= 4 is 15.9 Å². The Morgan fingerprint density at radius 3 is 2.26 bits per heavy atom. The average Bonchev–Trinajstić information content (AvgIpc) is 2.58. The third-order valence-electron chi connectivity index (χ3n) is 5.46. The van der Waals surface area contributed by atoms with Gasteiger partial charge >= 0.3 is 0 Å². The lowest BCUT2D eigenvalue weighted by atomic mass is 10.0. The molecule has 0 aliphatic heterocycles. The molecule has 1 aromatic rings. The van der Waals surface area contributed by atoms with E-state index in [9.17, 15) is 0 Å². The molecule has 0 aromatic carbocycles. The van der Waals surface area contributed by atoms with Crippen LogP contribution in [0.4, 0.5) is 0 Å². The van der Waals surface area contributed by atoms with E-state index in [1.54, 1.807) is 0 Å². The second-order valence-corrected chi connectivity index (χ2v) is 7.60. The quantitative estimate of drug-likeness (QED) is 0.896. The smallest absolute Gasteiger partial charge is 0.0767 e. The van der Waals surface area contributed by atoms with Crippen LogP contribution in [0.2, 0.25) is 0 Å². The number of aromatic nitrogens is 2. The third kappa shape index (κ3) is 2.38. The summed E-state index contributed by atoms with van der Waals surface area (Å²) in [6.07, 6.45) is 0.969. The van der Waals surface area contributed by atoms with Gasteiger partial charge in [0.2, 0.25) is 0 Å². The molecule has 1 fully saturated rings. The Bertz CT molecular complexity index is 460. The zero-order chi connectivity index (χ0) is 14.4. The van der Waals surface area contributed by atoms with E-state index in [0.29, 0.717) is 10.8 Å². The maximum Gasteiger partial charge on any atom is 0.0767 e. The first-order valence-corrected chi connectivity index (χ1v) is 7.93. The molecule has 3 nitrogen and oxygen atoms in total. The third-order valence-corrected chi connectivity index (χ3v) is 6.38. The Labute approximate surface area is 125 Å². The number of nitrogens with zero attached hydrogens (tertiary/aromatic N) is 2. The molecule has 0 bridgehead atoms. The predicted molar refractivity (Wildman–Crippen MR) is 83.0 cm³/mol. The highest BCUT2D eigenvalue weighted by Crippen LogP contribution is 2.67. The van der Waals surface area contributed by atoms with Gasteiger partial charge in [0.05, 0.1) is 15.9 Å². The summed E-state index contributed by atoms with van der Waals surface area (Å²) >= 11 is 3.67. The van der Waals surface area contributed by atoms with Crippen LogP contribution in [-0.4, -0.2) is 16.3 Å². The van der Waals surface area contributed by atoms with E-state index in [-0.39, 0.29) is 0 Å². The normalized spacial score (nSPS) is 20.8. The van der Waals surface area contributed by atoms with Crippen molar-refractivity contribution in [3.8, 4) is 0 Å². The number of aryl methyl sites for hydroxylation is 2. The minimum atomic E-state index is 0.457. The van der Waals surface area contributed by atoms with Gasteiger partial charge in [-0.1, -0.05) is 34.6 Å². The topological polar surface area (TPSA) is 29.9 Å². The van der Waals surface area contributed by atoms with E-state index in [1.165, 1.54) is 10.2 Å². The summed E-state index contributed by atoms with van der Waals surface area (Å²) in [4.78, 5) is 0. The minimum Gasteiger partial charge on any atom is -0.311 e. The van der Waals surface area contributed by atoms with Gasteiger partial charge in [0.25, 0.3) is 0 Å². The average molecular weight is 328 g/mol. The largest absolute Gasteiger partial charge is 0.311 e. The standard InChI is InChI=1S/C15H26BrN3/c1-7-10-13(16)11(19(6)18-10)8-17-9-12-14(2,3)15(12,4)5/h12,17H,7-9H2,1-6H3. The van der Waals surface area contributed by atoms with E-state index in [1.807, 2.05) is 11.7 Å². The molecule has 1 saturated carbocycles. The van der Waals surface area contributed by atoms with Gasteiger partial charge in [0.15, 0.2) is 0 Å². The fourth-order valence-electron chi connectivity index (χ4n) is 3.19. The Kier molecular flexibility index (Phi) is 3.87. The highest BCUT2D eigenvalue weighted by molar-refractivity contribution is 9.10. The van der Waals surface area contributed by atoms with E-state index in [4.69, 9.17) is 0 Å². The number of rotatable bonds is 5. The molecule has 1 aliphatic rings. The molecule has 1 heterocycles. The van der Waals surface area contributed by atoms with Crippen molar-refractivity contribution in [3.63, 3.8) is 0 Å². The SMILES string of the molecule is CCc1nn(C)c(CNCC2C(C)(C)C2(C)C)c1Br. The predicted octanol–water partition coefficient (Wildman–Crippen LogP) is 3.52. The van der Waals surface area contributed by atoms with E-state index in [0.717, 1.165) is 31.1 Å². The molecule has 0 spiro atoms. The van der Waals surface area contributed by atoms with Gasteiger partial charge in [-0.25, -0.2) is 0 Å². The zero-order valence-electron chi connectivity index (χ0n) is 13.0. The van der Waals surface area contributed by atoms with Gasteiger partial charge in [-0.2, -0.15) is 5.10 Å². The van der Waals surface area contributed by atoms with Gasteiger partial charge in [-0.15, -0.1) is 0 Å². The Balaban J connectivity index is 1.93. The second kappa shape index (κ2) is 4.88. The van der Waals surface area contributed by atoms with Crippen LogP contribution in [0.1, 0.15) is 46.0 Å². The molecule has 108 valence electrons. The molecule has 0 radical (unpaired) electrons. The molecular weight excluding hydrogens is 302 g/mol. The summed E-state index contributed by atoms with van der Waals surface area (Å²) in [5.74, 6) is 0.762. The summed E-state index contributed by atoms with van der Waals surface area (Å²) in [6.45, 7) is 13.6. The Hall–Kier alpha value is -0.350. The Morgan fingerprint density at radius 1 is 1.26 bits per heavy atom. The number of halogens is 1. The van der Waals surface area contributed by atoms with Gasteiger partial charge < -0.3 is 5.32 Å². The lowest BCUT2D eigenvalue weighted by Gasteiger charge is -2.07. The second-order valence-electron chi connectivity index (χ2n) is 6.81. The molecule has 1 N–H and O–H groups in total. The van der Waals surface area contributed by atoms with Crippen LogP contribution in [0.3, 0.4) is 0 Å². The molecule has 0 unspecified atom stereocenters. The molecule has 0 saturated heterocycles. The zero-order valence-corrected chi connectivity index (χ0v) is 14.6. The first kappa shape index (κ1) is 15.0. The highest BCUT2D eigenvalue weighted by Gasteiger charge is 2.63. The molecule has 0 atom stereocenters. The van der Waals surface area contributed by atoms with E-state index >= 15 is 0 Å². The maximum atomic E-state index is 4.53. The van der Waals surface area contributed by atoms with Crippen molar-refractivity contribution in [1.29, 1.82) is 0 Å². The number of hydrogen-bond donors (Lipinski definition) is 1. The number of nitrogens with one attached hydrogen (secondary N) is 1. The molecule has 1 aliphatic carbocycles. The first-order chi connectivity index (χ1) is 8.73. The molecule has 19 heavy (non-hydrogen) atoms. The van der Waals surface area contributed by atoms with Crippen molar-refractivity contribution < 1.29 is 0 Å². The summed E-state index contributed by atoms with van der Waals surface area (Å²) < 4.78 is 3.15. The highest BCUT2D eigenvalue weighted by atomic mass is 79.9. The summed E-state index contributed by atoms with van der Waals surface area (Å²) in [5, 5.41) is 8.13. The van der Waals surface area contributed by atoms with Crippen molar-refractivity contribution in [3.05, 3.63) is 15.9 Å². The van der Waals surface area contributed by atoms with Crippen molar-refractivity contribution in [2.75, 3.05) is 6.54 Å². The fraction of sp³-hybridized carbons (Fsp3) is 0.800. The lowest BCUT2D eigenvalue weighted by molar-refractivity contribution is 0.457. The molecule has 4 heteroatoms. The fourth-order valence-corrected chi connectivity index (χ4v) is 3.95. The van der Waals surface area contributed by atoms with Crippen LogP contribution < -0.4 is 5.32 Å². The van der Waals surface area contributed by atoms with Gasteiger partial charge in [0, 0.05) is 13.6 Å². The first-order valence-electron chi connectivity index (χ1n) is 7.14. The van der Waals surface area contributed by atoms with Crippen LogP contribution in [0.25, 0.3) is 0 Å². The molecule has 2 rings (SSSR count). The van der Waals surface area contributed by atoms with Gasteiger partial charge in [-0.05, 0) is 45.6 Å². The minimum absolute atomic E-state index is 0.457. The van der Waals surface area contributed by atoms with Crippen molar-refractivity contribution in [2.45, 2.75) is 47.6 Å². The molecule has 0 amide bonds. The van der Waals surface area contributed by atoms with E-state index < -0.39 is 0 Å². The summed E-state index contributed by atoms with van der Waals surface area (Å²) in [6, 6.07) is 0. The van der Waals surface area contributed by atoms with Crippen molar-refractivity contribution in [1.82, 2.24) is 15.1 Å². The summed E-state index contributed by atoms with van der Waals surface area (Å²) in [5.41, 5.74) is 3.30.